The van der Waals surface area contributed by atoms with Crippen LogP contribution in [0.1, 0.15) is 60.3 Å². The first-order valence-corrected chi connectivity index (χ1v) is 12.0. The van der Waals surface area contributed by atoms with Crippen LogP contribution in [-0.4, -0.2) is 65.8 Å². The standard InChI is InChI=1S/C21H37NO5.C2H2O4/c1-13(2)12-22-10-11-23-18-15(4)17-7-6-14(3)16-8-9-20(5)25-19(24-18)21(16,17)27-26-20;3-1(4)2(5)6/h13-19,22H,6-12H2,1-5H3;(H,3,4)(H,5,6)/t14-,15-,16+,17+,18+,19-,20-,21-;/m1./s1. The van der Waals surface area contributed by atoms with E-state index in [1.807, 2.05) is 6.92 Å². The van der Waals surface area contributed by atoms with Gasteiger partial charge in [0.1, 0.15) is 0 Å². The first-order chi connectivity index (χ1) is 15.5. The minimum Gasteiger partial charge on any atom is -0.473 e. The summed E-state index contributed by atoms with van der Waals surface area (Å²) >= 11 is 0. The lowest BCUT2D eigenvalue weighted by molar-refractivity contribution is -0.577. The van der Waals surface area contributed by atoms with E-state index < -0.39 is 29.6 Å². The second kappa shape index (κ2) is 10.5. The Labute approximate surface area is 195 Å². The minimum absolute atomic E-state index is 0.246. The highest BCUT2D eigenvalue weighted by Crippen LogP contribution is 2.60. The van der Waals surface area contributed by atoms with Gasteiger partial charge in [-0.2, -0.15) is 0 Å². The molecule has 2 bridgehead atoms. The van der Waals surface area contributed by atoms with Crippen molar-refractivity contribution in [3.63, 3.8) is 0 Å². The predicted octanol–water partition coefficient (Wildman–Crippen LogP) is 2.61. The van der Waals surface area contributed by atoms with Crippen molar-refractivity contribution < 1.29 is 43.8 Å². The van der Waals surface area contributed by atoms with Crippen molar-refractivity contribution in [2.24, 2.45) is 29.6 Å². The molecule has 190 valence electrons. The van der Waals surface area contributed by atoms with E-state index in [2.05, 4.69) is 33.0 Å². The van der Waals surface area contributed by atoms with Gasteiger partial charge < -0.3 is 29.7 Å². The summed E-state index contributed by atoms with van der Waals surface area (Å²) in [4.78, 5) is 30.2. The van der Waals surface area contributed by atoms with E-state index in [0.29, 0.717) is 30.3 Å². The van der Waals surface area contributed by atoms with Gasteiger partial charge in [0, 0.05) is 24.8 Å². The Morgan fingerprint density at radius 1 is 1.09 bits per heavy atom. The summed E-state index contributed by atoms with van der Waals surface area (Å²) in [5.74, 6) is -2.16. The number of aliphatic carboxylic acids is 2. The summed E-state index contributed by atoms with van der Waals surface area (Å²) in [6.45, 7) is 13.4. The van der Waals surface area contributed by atoms with Crippen LogP contribution in [0.5, 0.6) is 0 Å². The first kappa shape index (κ1) is 26.3. The molecular formula is C23H39NO9. The zero-order valence-electron chi connectivity index (χ0n) is 20.2. The molecule has 10 heteroatoms. The second-order valence-electron chi connectivity index (χ2n) is 10.4. The summed E-state index contributed by atoms with van der Waals surface area (Å²) < 4.78 is 18.9. The van der Waals surface area contributed by atoms with Crippen molar-refractivity contribution >= 4 is 11.9 Å². The van der Waals surface area contributed by atoms with Gasteiger partial charge in [-0.1, -0.05) is 27.7 Å². The molecule has 0 unspecified atom stereocenters. The summed E-state index contributed by atoms with van der Waals surface area (Å²) in [6, 6.07) is 0. The molecule has 10 nitrogen and oxygen atoms in total. The molecule has 33 heavy (non-hydrogen) atoms. The van der Waals surface area contributed by atoms with Crippen molar-refractivity contribution in [1.29, 1.82) is 0 Å². The summed E-state index contributed by atoms with van der Waals surface area (Å²) in [5, 5.41) is 18.2. The molecule has 1 saturated carbocycles. The largest absolute Gasteiger partial charge is 0.473 e. The molecular weight excluding hydrogens is 434 g/mol. The molecule has 5 rings (SSSR count). The van der Waals surface area contributed by atoms with Gasteiger partial charge in [-0.15, -0.1) is 0 Å². The maximum Gasteiger partial charge on any atom is 0.414 e. The van der Waals surface area contributed by atoms with Crippen LogP contribution in [0.25, 0.3) is 0 Å². The van der Waals surface area contributed by atoms with Gasteiger partial charge >= 0.3 is 11.9 Å². The Morgan fingerprint density at radius 3 is 2.42 bits per heavy atom. The molecule has 0 radical (unpaired) electrons. The van der Waals surface area contributed by atoms with Gasteiger partial charge in [-0.05, 0) is 50.5 Å². The number of carbonyl (C=O) groups is 2. The van der Waals surface area contributed by atoms with Gasteiger partial charge in [0.05, 0.1) is 6.61 Å². The number of nitrogens with one attached hydrogen (secondary N) is 1. The minimum atomic E-state index is -1.82. The molecule has 5 fully saturated rings. The fourth-order valence-electron chi connectivity index (χ4n) is 5.70. The van der Waals surface area contributed by atoms with Gasteiger partial charge in [-0.3, -0.25) is 0 Å². The van der Waals surface area contributed by atoms with E-state index in [0.717, 1.165) is 32.4 Å². The fourth-order valence-corrected chi connectivity index (χ4v) is 5.70. The van der Waals surface area contributed by atoms with Crippen LogP contribution in [-0.2, 0) is 33.6 Å². The molecule has 4 saturated heterocycles. The highest BCUT2D eigenvalue weighted by molar-refractivity contribution is 6.27. The van der Waals surface area contributed by atoms with Crippen LogP contribution < -0.4 is 5.32 Å². The highest BCUT2D eigenvalue weighted by atomic mass is 17.3. The molecule has 0 aromatic heterocycles. The topological polar surface area (TPSA) is 133 Å². The summed E-state index contributed by atoms with van der Waals surface area (Å²) in [6.07, 6.45) is 3.55. The number of carboxylic acid groups (broad SMARTS) is 2. The van der Waals surface area contributed by atoms with Gasteiger partial charge in [0.2, 0.25) is 5.79 Å². The summed E-state index contributed by atoms with van der Waals surface area (Å²) in [5.41, 5.74) is -0.497. The average Bonchev–Trinajstić information content (AvgIpc) is 2.97. The van der Waals surface area contributed by atoms with Gasteiger partial charge in [-0.25, -0.2) is 19.4 Å². The lowest BCUT2D eigenvalue weighted by Gasteiger charge is -2.60. The van der Waals surface area contributed by atoms with Gasteiger partial charge in [0.15, 0.2) is 18.2 Å². The Bertz CT molecular complexity index is 691. The number of fused-ring (bicyclic) bond motifs is 2. The molecule has 4 heterocycles. The molecule has 3 N–H and O–H groups in total. The molecule has 0 aromatic rings. The third kappa shape index (κ3) is 5.52. The van der Waals surface area contributed by atoms with Crippen LogP contribution in [0.15, 0.2) is 0 Å². The van der Waals surface area contributed by atoms with E-state index in [-0.39, 0.29) is 12.2 Å². The predicted molar refractivity (Wildman–Crippen MR) is 116 cm³/mol. The van der Waals surface area contributed by atoms with Crippen LogP contribution in [0.4, 0.5) is 0 Å². The lowest BCUT2D eigenvalue weighted by Crippen LogP contribution is -2.70. The van der Waals surface area contributed by atoms with E-state index in [4.69, 9.17) is 43.8 Å². The van der Waals surface area contributed by atoms with Crippen molar-refractivity contribution in [3.05, 3.63) is 0 Å². The molecule has 5 aliphatic rings. The molecule has 1 aliphatic carbocycles. The van der Waals surface area contributed by atoms with Crippen LogP contribution >= 0.6 is 0 Å². The Morgan fingerprint density at radius 2 is 1.79 bits per heavy atom. The van der Waals surface area contributed by atoms with E-state index in [9.17, 15) is 0 Å². The SMILES string of the molecule is CC(C)CNCCO[C@H]1O[C@@H]2O[C@@]3(C)CC[C@H]4[C@H](C)CC[C@@H]([C@H]1C)[C@@]24OO3.O=C(O)C(=O)O. The molecule has 1 spiro atoms. The highest BCUT2D eigenvalue weighted by Gasteiger charge is 2.69. The number of carboxylic acids is 2. The van der Waals surface area contributed by atoms with Gasteiger partial charge in [0.25, 0.3) is 0 Å². The molecule has 4 aliphatic heterocycles. The van der Waals surface area contributed by atoms with Crippen molar-refractivity contribution in [2.75, 3.05) is 19.7 Å². The normalized spacial score (nSPS) is 41.5. The van der Waals surface area contributed by atoms with Crippen molar-refractivity contribution in [2.45, 2.75) is 84.3 Å². The van der Waals surface area contributed by atoms with Crippen LogP contribution in [0.3, 0.4) is 0 Å². The molecule has 0 amide bonds. The Kier molecular flexibility index (Phi) is 8.40. The number of hydrogen-bond donors (Lipinski definition) is 3. The maximum absolute atomic E-state index is 9.10. The molecule has 8 atom stereocenters. The Hall–Kier alpha value is -1.30. The molecule has 0 aromatic carbocycles. The first-order valence-electron chi connectivity index (χ1n) is 12.0. The lowest BCUT2D eigenvalue weighted by atomic mass is 9.58. The zero-order valence-corrected chi connectivity index (χ0v) is 20.2. The quantitative estimate of drug-likeness (QED) is 0.300. The Balaban J connectivity index is 0.000000454. The third-order valence-corrected chi connectivity index (χ3v) is 7.39. The van der Waals surface area contributed by atoms with E-state index >= 15 is 0 Å². The number of ether oxygens (including phenoxy) is 3. The fraction of sp³-hybridized carbons (Fsp3) is 0.913. The van der Waals surface area contributed by atoms with Crippen molar-refractivity contribution in [3.8, 4) is 0 Å². The third-order valence-electron chi connectivity index (χ3n) is 7.39. The van der Waals surface area contributed by atoms with Crippen LogP contribution in [0, 0.1) is 29.6 Å². The zero-order chi connectivity index (χ0) is 24.4. The van der Waals surface area contributed by atoms with Crippen molar-refractivity contribution in [1.82, 2.24) is 5.32 Å². The van der Waals surface area contributed by atoms with E-state index in [1.54, 1.807) is 0 Å². The monoisotopic (exact) mass is 473 g/mol. The maximum atomic E-state index is 9.10. The second-order valence-corrected chi connectivity index (χ2v) is 10.4. The van der Waals surface area contributed by atoms with Crippen LogP contribution in [0.2, 0.25) is 0 Å². The number of hydrogen-bond acceptors (Lipinski definition) is 8. The average molecular weight is 474 g/mol. The van der Waals surface area contributed by atoms with E-state index in [1.165, 1.54) is 6.42 Å². The summed E-state index contributed by atoms with van der Waals surface area (Å²) in [7, 11) is 0. The smallest absolute Gasteiger partial charge is 0.414 e. The number of rotatable bonds is 6.